The van der Waals surface area contributed by atoms with Crippen LogP contribution in [0.3, 0.4) is 0 Å². The van der Waals surface area contributed by atoms with Crippen LogP contribution < -0.4 is 10.1 Å². The summed E-state index contributed by atoms with van der Waals surface area (Å²) in [5.41, 5.74) is 2.24. The summed E-state index contributed by atoms with van der Waals surface area (Å²) in [6.45, 7) is 0. The number of imidazole rings is 1. The van der Waals surface area contributed by atoms with E-state index in [1.165, 1.54) is 12.1 Å². The number of benzene rings is 2. The second kappa shape index (κ2) is 7.31. The molecule has 0 atom stereocenters. The van der Waals surface area contributed by atoms with Gasteiger partial charge in [0.15, 0.2) is 0 Å². The third-order valence-electron chi connectivity index (χ3n) is 4.16. The van der Waals surface area contributed by atoms with Gasteiger partial charge in [-0.1, -0.05) is 36.4 Å². The summed E-state index contributed by atoms with van der Waals surface area (Å²) >= 11 is 0. The number of halogens is 3. The monoisotopic (exact) mass is 397 g/mol. The van der Waals surface area contributed by atoms with Crippen LogP contribution in [0.2, 0.25) is 0 Å². The number of ether oxygens (including phenoxy) is 1. The highest BCUT2D eigenvalue weighted by molar-refractivity contribution is 6.05. The van der Waals surface area contributed by atoms with E-state index < -0.39 is 18.0 Å². The van der Waals surface area contributed by atoms with Gasteiger partial charge < -0.3 is 10.1 Å². The summed E-state index contributed by atoms with van der Waals surface area (Å²) in [4.78, 5) is 17.3. The van der Waals surface area contributed by atoms with Gasteiger partial charge >= 0.3 is 6.36 Å². The Morgan fingerprint density at radius 2 is 1.62 bits per heavy atom. The molecule has 1 N–H and O–H groups in total. The zero-order valence-corrected chi connectivity index (χ0v) is 14.9. The molecule has 5 nitrogen and oxygen atoms in total. The normalized spacial score (nSPS) is 11.4. The smallest absolute Gasteiger partial charge is 0.406 e. The van der Waals surface area contributed by atoms with Crippen molar-refractivity contribution < 1.29 is 22.7 Å². The lowest BCUT2D eigenvalue weighted by Gasteiger charge is -2.10. The first-order valence-electron chi connectivity index (χ1n) is 8.60. The van der Waals surface area contributed by atoms with Crippen molar-refractivity contribution in [1.29, 1.82) is 0 Å². The van der Waals surface area contributed by atoms with Crippen molar-refractivity contribution >= 4 is 17.4 Å². The van der Waals surface area contributed by atoms with Crippen molar-refractivity contribution in [2.45, 2.75) is 6.36 Å². The molecule has 2 heterocycles. The Balaban J connectivity index is 1.66. The van der Waals surface area contributed by atoms with Crippen molar-refractivity contribution in [3.8, 4) is 17.0 Å². The standard InChI is InChI=1S/C21H14F3N3O2/c22-21(23,24)29-16-11-9-15(10-12-16)20(28)26-19-18(14-6-2-1-3-7-14)25-17-8-4-5-13-27(17)19/h1-13H,(H,26,28). The Bertz CT molecular complexity index is 1150. The lowest BCUT2D eigenvalue weighted by atomic mass is 10.1. The van der Waals surface area contributed by atoms with Gasteiger partial charge in [0.1, 0.15) is 22.9 Å². The molecule has 29 heavy (non-hydrogen) atoms. The van der Waals surface area contributed by atoms with Gasteiger partial charge in [-0.3, -0.25) is 9.20 Å². The van der Waals surface area contributed by atoms with Crippen LogP contribution in [0.5, 0.6) is 5.75 Å². The fourth-order valence-corrected chi connectivity index (χ4v) is 2.90. The van der Waals surface area contributed by atoms with Gasteiger partial charge in [-0.15, -0.1) is 13.2 Å². The maximum absolute atomic E-state index is 12.7. The summed E-state index contributed by atoms with van der Waals surface area (Å²) in [7, 11) is 0. The van der Waals surface area contributed by atoms with Crippen molar-refractivity contribution in [2.75, 3.05) is 5.32 Å². The average molecular weight is 397 g/mol. The number of hydrogen-bond acceptors (Lipinski definition) is 3. The zero-order chi connectivity index (χ0) is 20.4. The van der Waals surface area contributed by atoms with E-state index in [1.54, 1.807) is 10.6 Å². The molecule has 4 rings (SSSR count). The molecule has 0 bridgehead atoms. The predicted octanol–water partition coefficient (Wildman–Crippen LogP) is 5.15. The number of amides is 1. The summed E-state index contributed by atoms with van der Waals surface area (Å²) in [5, 5.41) is 2.81. The SMILES string of the molecule is O=C(Nc1c(-c2ccccc2)nc2ccccn12)c1ccc(OC(F)(F)F)cc1. The minimum Gasteiger partial charge on any atom is -0.406 e. The number of fused-ring (bicyclic) bond motifs is 1. The summed E-state index contributed by atoms with van der Waals surface area (Å²) in [5.74, 6) is -0.410. The van der Waals surface area contributed by atoms with Crippen LogP contribution in [-0.2, 0) is 0 Å². The van der Waals surface area contributed by atoms with Crippen LogP contribution in [-0.4, -0.2) is 21.7 Å². The average Bonchev–Trinajstić information content (AvgIpc) is 3.06. The Morgan fingerprint density at radius 3 is 2.31 bits per heavy atom. The molecule has 0 spiro atoms. The maximum atomic E-state index is 12.7. The molecular formula is C21H14F3N3O2. The third-order valence-corrected chi connectivity index (χ3v) is 4.16. The molecule has 0 radical (unpaired) electrons. The van der Waals surface area contributed by atoms with Crippen LogP contribution in [0.25, 0.3) is 16.9 Å². The summed E-state index contributed by atoms with van der Waals surface area (Å²) < 4.78 is 42.5. The molecule has 8 heteroatoms. The zero-order valence-electron chi connectivity index (χ0n) is 14.9. The number of carbonyl (C=O) groups is 1. The van der Waals surface area contributed by atoms with Crippen molar-refractivity contribution in [1.82, 2.24) is 9.38 Å². The van der Waals surface area contributed by atoms with Crippen molar-refractivity contribution in [3.05, 3.63) is 84.6 Å². The minimum absolute atomic E-state index is 0.185. The Hall–Kier alpha value is -3.81. The predicted molar refractivity (Wildman–Crippen MR) is 102 cm³/mol. The molecule has 0 aliphatic heterocycles. The van der Waals surface area contributed by atoms with Gasteiger partial charge in [0.05, 0.1) is 0 Å². The lowest BCUT2D eigenvalue weighted by molar-refractivity contribution is -0.274. The quantitative estimate of drug-likeness (QED) is 0.518. The van der Waals surface area contributed by atoms with E-state index in [9.17, 15) is 18.0 Å². The van der Waals surface area contributed by atoms with Gasteiger partial charge in [-0.2, -0.15) is 0 Å². The van der Waals surface area contributed by atoms with E-state index >= 15 is 0 Å². The number of rotatable bonds is 4. The van der Waals surface area contributed by atoms with E-state index in [0.29, 0.717) is 17.2 Å². The molecular weight excluding hydrogens is 383 g/mol. The van der Waals surface area contributed by atoms with E-state index in [4.69, 9.17) is 0 Å². The maximum Gasteiger partial charge on any atom is 0.573 e. The lowest BCUT2D eigenvalue weighted by Crippen LogP contribution is -2.17. The highest BCUT2D eigenvalue weighted by Crippen LogP contribution is 2.29. The van der Waals surface area contributed by atoms with Crippen LogP contribution in [0, 0.1) is 0 Å². The van der Waals surface area contributed by atoms with Crippen LogP contribution in [0.15, 0.2) is 79.0 Å². The molecule has 0 unspecified atom stereocenters. The van der Waals surface area contributed by atoms with E-state index in [2.05, 4.69) is 15.0 Å². The van der Waals surface area contributed by atoms with Gasteiger partial charge in [0, 0.05) is 17.3 Å². The highest BCUT2D eigenvalue weighted by Gasteiger charge is 2.31. The van der Waals surface area contributed by atoms with E-state index in [1.807, 2.05) is 48.5 Å². The fourth-order valence-electron chi connectivity index (χ4n) is 2.90. The topological polar surface area (TPSA) is 55.6 Å². The Labute approximate surface area is 163 Å². The number of nitrogens with zero attached hydrogens (tertiary/aromatic N) is 2. The summed E-state index contributed by atoms with van der Waals surface area (Å²) in [6.07, 6.45) is -3.02. The molecule has 0 fully saturated rings. The van der Waals surface area contributed by atoms with Gasteiger partial charge in [0.2, 0.25) is 0 Å². The molecule has 0 aliphatic rings. The number of pyridine rings is 1. The second-order valence-corrected chi connectivity index (χ2v) is 6.13. The summed E-state index contributed by atoms with van der Waals surface area (Å²) in [6, 6.07) is 19.5. The van der Waals surface area contributed by atoms with Gasteiger partial charge in [-0.05, 0) is 36.4 Å². The third kappa shape index (κ3) is 4.06. The molecule has 2 aromatic heterocycles. The fraction of sp³-hybridized carbons (Fsp3) is 0.0476. The highest BCUT2D eigenvalue weighted by atomic mass is 19.4. The second-order valence-electron chi connectivity index (χ2n) is 6.13. The molecule has 2 aromatic carbocycles. The van der Waals surface area contributed by atoms with Gasteiger partial charge in [0.25, 0.3) is 5.91 Å². The number of alkyl halides is 3. The molecule has 0 saturated heterocycles. The van der Waals surface area contributed by atoms with E-state index in [0.717, 1.165) is 17.7 Å². The first-order chi connectivity index (χ1) is 13.9. The Kier molecular flexibility index (Phi) is 4.67. The molecule has 146 valence electrons. The number of anilines is 1. The first-order valence-corrected chi connectivity index (χ1v) is 8.60. The van der Waals surface area contributed by atoms with E-state index in [-0.39, 0.29) is 5.56 Å². The van der Waals surface area contributed by atoms with Crippen molar-refractivity contribution in [2.24, 2.45) is 0 Å². The molecule has 1 amide bonds. The first kappa shape index (κ1) is 18.5. The van der Waals surface area contributed by atoms with Crippen molar-refractivity contribution in [3.63, 3.8) is 0 Å². The number of hydrogen-bond donors (Lipinski definition) is 1. The van der Waals surface area contributed by atoms with Crippen LogP contribution >= 0.6 is 0 Å². The number of aromatic nitrogens is 2. The Morgan fingerprint density at radius 1 is 0.931 bits per heavy atom. The minimum atomic E-state index is -4.79. The van der Waals surface area contributed by atoms with Gasteiger partial charge in [-0.25, -0.2) is 4.98 Å². The largest absolute Gasteiger partial charge is 0.573 e. The number of carbonyl (C=O) groups excluding carboxylic acids is 1. The van der Waals surface area contributed by atoms with Crippen LogP contribution in [0.4, 0.5) is 19.0 Å². The molecule has 0 saturated carbocycles. The molecule has 0 aliphatic carbocycles. The van der Waals surface area contributed by atoms with Crippen LogP contribution in [0.1, 0.15) is 10.4 Å². The number of nitrogens with one attached hydrogen (secondary N) is 1. The molecule has 4 aromatic rings.